The lowest BCUT2D eigenvalue weighted by atomic mass is 10.7. The topological polar surface area (TPSA) is 50.7 Å². The molecular formula is C6H7Cl3N4S. The summed E-state index contributed by atoms with van der Waals surface area (Å²) >= 11 is 18.3. The van der Waals surface area contributed by atoms with Crippen LogP contribution in [-0.4, -0.2) is 28.3 Å². The summed E-state index contributed by atoms with van der Waals surface area (Å²) in [6.07, 6.45) is 1.83. The van der Waals surface area contributed by atoms with Crippen LogP contribution in [0.5, 0.6) is 0 Å². The van der Waals surface area contributed by atoms with Crippen LogP contribution in [0.3, 0.4) is 0 Å². The largest absolute Gasteiger partial charge is 0.357 e. The van der Waals surface area contributed by atoms with E-state index in [1.54, 1.807) is 7.05 Å². The summed E-state index contributed by atoms with van der Waals surface area (Å²) in [4.78, 5) is 11.9. The van der Waals surface area contributed by atoms with Gasteiger partial charge in [-0.15, -0.1) is 0 Å². The van der Waals surface area contributed by atoms with E-state index in [0.717, 1.165) is 0 Å². The highest BCUT2D eigenvalue weighted by molar-refractivity contribution is 7.98. The average molecular weight is 274 g/mol. The van der Waals surface area contributed by atoms with Crippen molar-refractivity contribution in [2.75, 3.05) is 18.6 Å². The monoisotopic (exact) mass is 272 g/mol. The van der Waals surface area contributed by atoms with Gasteiger partial charge in [0.1, 0.15) is 0 Å². The number of aromatic nitrogens is 3. The fourth-order valence-corrected chi connectivity index (χ4v) is 1.30. The standard InChI is InChI=1S/C6H7Cl3N4S/c1-10-4-11-3(6(7,8)9)12-5(13-4)14-2/h1-2H3,(H,10,11,12,13). The summed E-state index contributed by atoms with van der Waals surface area (Å²) in [6.45, 7) is 0. The number of alkyl halides is 3. The molecule has 0 spiro atoms. The lowest BCUT2D eigenvalue weighted by Crippen LogP contribution is -2.11. The SMILES string of the molecule is CNc1nc(SC)nc(C(Cl)(Cl)Cl)n1. The lowest BCUT2D eigenvalue weighted by Gasteiger charge is -2.10. The van der Waals surface area contributed by atoms with Crippen LogP contribution in [0.4, 0.5) is 5.95 Å². The van der Waals surface area contributed by atoms with Gasteiger partial charge >= 0.3 is 0 Å². The zero-order valence-electron chi connectivity index (χ0n) is 7.38. The number of halogens is 3. The van der Waals surface area contributed by atoms with Gasteiger partial charge in [0.15, 0.2) is 11.0 Å². The summed E-state index contributed by atoms with van der Waals surface area (Å²) in [5.41, 5.74) is 0. The van der Waals surface area contributed by atoms with Crippen molar-refractivity contribution in [1.29, 1.82) is 0 Å². The number of thioether (sulfide) groups is 1. The van der Waals surface area contributed by atoms with E-state index in [1.165, 1.54) is 11.8 Å². The zero-order valence-corrected chi connectivity index (χ0v) is 10.5. The first-order valence-electron chi connectivity index (χ1n) is 3.52. The van der Waals surface area contributed by atoms with Crippen LogP contribution in [0.1, 0.15) is 5.82 Å². The quantitative estimate of drug-likeness (QED) is 0.663. The van der Waals surface area contributed by atoms with Crippen LogP contribution in [0, 0.1) is 0 Å². The predicted octanol–water partition coefficient (Wildman–Crippen LogP) is 2.46. The Labute approximate surface area is 101 Å². The molecule has 1 heterocycles. The summed E-state index contributed by atoms with van der Waals surface area (Å²) < 4.78 is -1.63. The Morgan fingerprint density at radius 3 is 2.29 bits per heavy atom. The molecule has 78 valence electrons. The molecule has 0 aliphatic carbocycles. The number of nitrogens with zero attached hydrogens (tertiary/aromatic N) is 3. The van der Waals surface area contributed by atoms with Crippen LogP contribution in [0.2, 0.25) is 0 Å². The van der Waals surface area contributed by atoms with Crippen molar-refractivity contribution in [3.05, 3.63) is 5.82 Å². The van der Waals surface area contributed by atoms with Crippen molar-refractivity contribution in [2.24, 2.45) is 0 Å². The molecule has 0 amide bonds. The molecule has 0 atom stereocenters. The summed E-state index contributed by atoms with van der Waals surface area (Å²) in [5.74, 6) is 0.497. The van der Waals surface area contributed by atoms with Crippen molar-refractivity contribution in [3.63, 3.8) is 0 Å². The minimum Gasteiger partial charge on any atom is -0.357 e. The zero-order chi connectivity index (χ0) is 10.8. The molecule has 0 unspecified atom stereocenters. The van der Waals surface area contributed by atoms with Gasteiger partial charge in [0.05, 0.1) is 0 Å². The molecule has 0 saturated carbocycles. The molecule has 0 saturated heterocycles. The Morgan fingerprint density at radius 1 is 1.21 bits per heavy atom. The Bertz CT molecular complexity index is 305. The normalized spacial score (nSPS) is 11.5. The fourth-order valence-electron chi connectivity index (χ4n) is 0.686. The van der Waals surface area contributed by atoms with E-state index in [-0.39, 0.29) is 5.82 Å². The Kier molecular flexibility index (Phi) is 4.06. The van der Waals surface area contributed by atoms with Gasteiger partial charge in [-0.3, -0.25) is 0 Å². The molecule has 4 nitrogen and oxygen atoms in total. The first-order valence-corrected chi connectivity index (χ1v) is 5.88. The van der Waals surface area contributed by atoms with Gasteiger partial charge in [0.25, 0.3) is 0 Å². The van der Waals surface area contributed by atoms with Crippen LogP contribution in [-0.2, 0) is 3.79 Å². The van der Waals surface area contributed by atoms with Gasteiger partial charge in [-0.25, -0.2) is 4.98 Å². The number of hydrogen-bond donors (Lipinski definition) is 1. The lowest BCUT2D eigenvalue weighted by molar-refractivity contribution is 0.831. The Morgan fingerprint density at radius 2 is 1.86 bits per heavy atom. The molecule has 1 aromatic heterocycles. The first-order chi connectivity index (χ1) is 6.47. The van der Waals surface area contributed by atoms with E-state index >= 15 is 0 Å². The van der Waals surface area contributed by atoms with Gasteiger partial charge in [-0.05, 0) is 6.26 Å². The highest BCUT2D eigenvalue weighted by atomic mass is 35.6. The van der Waals surface area contributed by atoms with Gasteiger partial charge in [0, 0.05) is 7.05 Å². The number of hydrogen-bond acceptors (Lipinski definition) is 5. The predicted molar refractivity (Wildman–Crippen MR) is 60.4 cm³/mol. The molecule has 0 aliphatic heterocycles. The molecule has 0 fully saturated rings. The van der Waals surface area contributed by atoms with Gasteiger partial charge in [-0.2, -0.15) is 9.97 Å². The van der Waals surface area contributed by atoms with E-state index in [2.05, 4.69) is 20.3 Å². The molecule has 1 aromatic rings. The molecular weight excluding hydrogens is 267 g/mol. The minimum atomic E-state index is -1.63. The second-order valence-corrected chi connectivity index (χ2v) is 5.27. The molecule has 14 heavy (non-hydrogen) atoms. The van der Waals surface area contributed by atoms with Crippen LogP contribution in [0.25, 0.3) is 0 Å². The summed E-state index contributed by atoms with van der Waals surface area (Å²) in [5, 5.41) is 3.27. The van der Waals surface area contributed by atoms with Crippen LogP contribution in [0.15, 0.2) is 5.16 Å². The van der Waals surface area contributed by atoms with Gasteiger partial charge in [-0.1, -0.05) is 46.6 Å². The van der Waals surface area contributed by atoms with Crippen molar-refractivity contribution >= 4 is 52.5 Å². The highest BCUT2D eigenvalue weighted by Crippen LogP contribution is 2.36. The van der Waals surface area contributed by atoms with E-state index in [9.17, 15) is 0 Å². The van der Waals surface area contributed by atoms with E-state index in [1.807, 2.05) is 6.26 Å². The maximum atomic E-state index is 5.66. The highest BCUT2D eigenvalue weighted by Gasteiger charge is 2.28. The van der Waals surface area contributed by atoms with Gasteiger partial charge in [0.2, 0.25) is 9.74 Å². The second kappa shape index (κ2) is 4.70. The van der Waals surface area contributed by atoms with Crippen molar-refractivity contribution < 1.29 is 0 Å². The van der Waals surface area contributed by atoms with Crippen LogP contribution < -0.4 is 5.32 Å². The maximum absolute atomic E-state index is 5.66. The molecule has 0 radical (unpaired) electrons. The first kappa shape index (κ1) is 12.1. The fraction of sp³-hybridized carbons (Fsp3) is 0.500. The average Bonchev–Trinajstić information content (AvgIpc) is 2.15. The summed E-state index contributed by atoms with van der Waals surface area (Å²) in [7, 11) is 1.68. The molecule has 0 aromatic carbocycles. The van der Waals surface area contributed by atoms with E-state index < -0.39 is 3.79 Å². The number of rotatable bonds is 2. The van der Waals surface area contributed by atoms with Crippen LogP contribution >= 0.6 is 46.6 Å². The smallest absolute Gasteiger partial charge is 0.250 e. The minimum absolute atomic E-state index is 0.117. The summed E-state index contributed by atoms with van der Waals surface area (Å²) in [6, 6.07) is 0. The Hall–Kier alpha value is 0.0300. The Balaban J connectivity index is 3.17. The molecule has 8 heteroatoms. The van der Waals surface area contributed by atoms with Crippen molar-refractivity contribution in [2.45, 2.75) is 8.95 Å². The molecule has 1 rings (SSSR count). The van der Waals surface area contributed by atoms with Crippen molar-refractivity contribution in [1.82, 2.24) is 15.0 Å². The third-order valence-corrected chi connectivity index (χ3v) is 2.33. The molecule has 0 aliphatic rings. The molecule has 1 N–H and O–H groups in total. The van der Waals surface area contributed by atoms with Crippen molar-refractivity contribution in [3.8, 4) is 0 Å². The third kappa shape index (κ3) is 3.02. The van der Waals surface area contributed by atoms with E-state index in [4.69, 9.17) is 34.8 Å². The van der Waals surface area contributed by atoms with E-state index in [0.29, 0.717) is 11.1 Å². The number of nitrogens with one attached hydrogen (secondary N) is 1. The maximum Gasteiger partial charge on any atom is 0.250 e. The molecule has 0 bridgehead atoms. The van der Waals surface area contributed by atoms with Gasteiger partial charge < -0.3 is 5.32 Å². The second-order valence-electron chi connectivity index (χ2n) is 2.22. The third-order valence-electron chi connectivity index (χ3n) is 1.27. The number of anilines is 1.